The molecule has 0 spiro atoms. The van der Waals surface area contributed by atoms with E-state index in [9.17, 15) is 4.79 Å². The van der Waals surface area contributed by atoms with Crippen LogP contribution in [-0.4, -0.2) is 13.1 Å². The highest BCUT2D eigenvalue weighted by Gasteiger charge is 2.09. The van der Waals surface area contributed by atoms with E-state index >= 15 is 0 Å². The van der Waals surface area contributed by atoms with Crippen LogP contribution in [0, 0.1) is 6.92 Å². The fraction of sp³-hybridized carbons (Fsp3) is 0.500. The van der Waals surface area contributed by atoms with Gasteiger partial charge in [-0.2, -0.15) is 0 Å². The topological polar surface area (TPSA) is 35.5 Å². The smallest absolute Gasteiger partial charge is 0.311 e. The van der Waals surface area contributed by atoms with Crippen molar-refractivity contribution in [3.63, 3.8) is 0 Å². The molecule has 1 rings (SSSR count). The molecule has 0 atom stereocenters. The molecule has 0 aliphatic rings. The molecule has 0 fully saturated rings. The van der Waals surface area contributed by atoms with Gasteiger partial charge >= 0.3 is 5.97 Å². The van der Waals surface area contributed by atoms with Gasteiger partial charge in [0.15, 0.2) is 11.5 Å². The van der Waals surface area contributed by atoms with Crippen LogP contribution in [0.1, 0.15) is 38.2 Å². The Morgan fingerprint density at radius 2 is 2.00 bits per heavy atom. The van der Waals surface area contributed by atoms with E-state index in [2.05, 4.69) is 6.92 Å². The molecular formula is C14H20O3. The summed E-state index contributed by atoms with van der Waals surface area (Å²) in [5.41, 5.74) is 1.08. The van der Waals surface area contributed by atoms with Gasteiger partial charge in [-0.3, -0.25) is 4.79 Å². The molecule has 3 heteroatoms. The van der Waals surface area contributed by atoms with Gasteiger partial charge in [0.2, 0.25) is 0 Å². The zero-order chi connectivity index (χ0) is 12.7. The Balaban J connectivity index is 2.58. The summed E-state index contributed by atoms with van der Waals surface area (Å²) in [6.45, 7) is 4.07. The van der Waals surface area contributed by atoms with Crippen LogP contribution in [0.4, 0.5) is 0 Å². The third-order valence-electron chi connectivity index (χ3n) is 2.53. The third-order valence-corrected chi connectivity index (χ3v) is 2.53. The Bertz CT molecular complexity index is 372. The van der Waals surface area contributed by atoms with E-state index < -0.39 is 0 Å². The maximum atomic E-state index is 11.6. The minimum absolute atomic E-state index is 0.194. The molecular weight excluding hydrogens is 216 g/mol. The fourth-order valence-corrected chi connectivity index (χ4v) is 1.55. The molecule has 1 aromatic carbocycles. The molecule has 0 unspecified atom stereocenters. The molecule has 0 N–H and O–H groups in total. The molecule has 0 amide bonds. The summed E-state index contributed by atoms with van der Waals surface area (Å²) >= 11 is 0. The quantitative estimate of drug-likeness (QED) is 0.431. The second kappa shape index (κ2) is 6.94. The molecule has 0 aliphatic heterocycles. The van der Waals surface area contributed by atoms with Crippen molar-refractivity contribution in [1.82, 2.24) is 0 Å². The van der Waals surface area contributed by atoms with Crippen LogP contribution in [0.3, 0.4) is 0 Å². The highest BCUT2D eigenvalue weighted by Crippen LogP contribution is 2.28. The summed E-state index contributed by atoms with van der Waals surface area (Å²) in [6, 6.07) is 5.53. The lowest BCUT2D eigenvalue weighted by Gasteiger charge is -2.09. The van der Waals surface area contributed by atoms with Crippen molar-refractivity contribution >= 4 is 5.97 Å². The number of unbranched alkanes of at least 4 members (excludes halogenated alkanes) is 2. The number of aryl methyl sites for hydroxylation is 1. The first-order valence-electron chi connectivity index (χ1n) is 6.02. The van der Waals surface area contributed by atoms with E-state index in [1.165, 1.54) is 0 Å². The molecule has 0 heterocycles. The minimum atomic E-state index is -0.194. The standard InChI is InChI=1S/C14H20O3/c1-4-5-6-7-14(15)17-12-9-8-11(2)10-13(12)16-3/h8-10H,4-7H2,1-3H3. The largest absolute Gasteiger partial charge is 0.493 e. The predicted molar refractivity (Wildman–Crippen MR) is 67.5 cm³/mol. The molecule has 0 aliphatic carbocycles. The number of methoxy groups -OCH3 is 1. The van der Waals surface area contributed by atoms with E-state index in [1.54, 1.807) is 13.2 Å². The van der Waals surface area contributed by atoms with Crippen LogP contribution in [0.15, 0.2) is 18.2 Å². The monoisotopic (exact) mass is 236 g/mol. The Morgan fingerprint density at radius 1 is 1.24 bits per heavy atom. The first-order valence-corrected chi connectivity index (χ1v) is 6.02. The van der Waals surface area contributed by atoms with Crippen molar-refractivity contribution in [3.8, 4) is 11.5 Å². The normalized spacial score (nSPS) is 10.1. The Hall–Kier alpha value is -1.51. The number of benzene rings is 1. The first kappa shape index (κ1) is 13.6. The van der Waals surface area contributed by atoms with E-state index in [1.807, 2.05) is 19.1 Å². The zero-order valence-electron chi connectivity index (χ0n) is 10.8. The van der Waals surface area contributed by atoms with Gasteiger partial charge in [0.1, 0.15) is 0 Å². The number of ether oxygens (including phenoxy) is 2. The van der Waals surface area contributed by atoms with Gasteiger partial charge in [0.05, 0.1) is 7.11 Å². The predicted octanol–water partition coefficient (Wildman–Crippen LogP) is 3.49. The number of carbonyl (C=O) groups excluding carboxylic acids is 1. The van der Waals surface area contributed by atoms with Crippen LogP contribution in [0.25, 0.3) is 0 Å². The van der Waals surface area contributed by atoms with Gasteiger partial charge in [-0.15, -0.1) is 0 Å². The Kier molecular flexibility index (Phi) is 5.53. The Labute approximate surface area is 103 Å². The lowest BCUT2D eigenvalue weighted by atomic mass is 10.2. The van der Waals surface area contributed by atoms with Crippen LogP contribution in [0.2, 0.25) is 0 Å². The van der Waals surface area contributed by atoms with E-state index in [0.29, 0.717) is 17.9 Å². The summed E-state index contributed by atoms with van der Waals surface area (Å²) in [5.74, 6) is 0.911. The van der Waals surface area contributed by atoms with E-state index in [0.717, 1.165) is 24.8 Å². The van der Waals surface area contributed by atoms with Gasteiger partial charge in [0, 0.05) is 6.42 Å². The molecule has 0 aromatic heterocycles. The summed E-state index contributed by atoms with van der Waals surface area (Å²) in [7, 11) is 1.57. The number of esters is 1. The fourth-order valence-electron chi connectivity index (χ4n) is 1.55. The molecule has 0 bridgehead atoms. The molecule has 94 valence electrons. The zero-order valence-corrected chi connectivity index (χ0v) is 10.8. The maximum Gasteiger partial charge on any atom is 0.311 e. The number of rotatable bonds is 6. The summed E-state index contributed by atoms with van der Waals surface area (Å²) in [6.07, 6.45) is 3.50. The molecule has 1 aromatic rings. The Morgan fingerprint density at radius 3 is 2.65 bits per heavy atom. The van der Waals surface area contributed by atoms with E-state index in [-0.39, 0.29) is 5.97 Å². The number of hydrogen-bond donors (Lipinski definition) is 0. The highest BCUT2D eigenvalue weighted by atomic mass is 16.6. The van der Waals surface area contributed by atoms with Gasteiger partial charge in [-0.25, -0.2) is 0 Å². The van der Waals surface area contributed by atoms with Crippen LogP contribution >= 0.6 is 0 Å². The second-order valence-electron chi connectivity index (χ2n) is 4.09. The van der Waals surface area contributed by atoms with Crippen molar-refractivity contribution in [1.29, 1.82) is 0 Å². The second-order valence-corrected chi connectivity index (χ2v) is 4.09. The molecule has 0 radical (unpaired) electrons. The number of carbonyl (C=O) groups is 1. The van der Waals surface area contributed by atoms with Crippen LogP contribution in [-0.2, 0) is 4.79 Å². The molecule has 0 saturated heterocycles. The van der Waals surface area contributed by atoms with Crippen molar-refractivity contribution in [2.24, 2.45) is 0 Å². The van der Waals surface area contributed by atoms with Gasteiger partial charge in [-0.1, -0.05) is 25.8 Å². The molecule has 17 heavy (non-hydrogen) atoms. The van der Waals surface area contributed by atoms with Gasteiger partial charge in [0.25, 0.3) is 0 Å². The van der Waals surface area contributed by atoms with Crippen molar-refractivity contribution < 1.29 is 14.3 Å². The SMILES string of the molecule is CCCCCC(=O)Oc1ccc(C)cc1OC. The summed E-state index contributed by atoms with van der Waals surface area (Å²) in [5, 5.41) is 0. The summed E-state index contributed by atoms with van der Waals surface area (Å²) < 4.78 is 10.4. The van der Waals surface area contributed by atoms with Crippen molar-refractivity contribution in [2.75, 3.05) is 7.11 Å². The lowest BCUT2D eigenvalue weighted by molar-refractivity contribution is -0.134. The molecule has 3 nitrogen and oxygen atoms in total. The first-order chi connectivity index (χ1) is 8.17. The van der Waals surface area contributed by atoms with Crippen LogP contribution < -0.4 is 9.47 Å². The average Bonchev–Trinajstić information content (AvgIpc) is 2.32. The third kappa shape index (κ3) is 4.47. The highest BCUT2D eigenvalue weighted by molar-refractivity contribution is 5.73. The summed E-state index contributed by atoms with van der Waals surface area (Å²) in [4.78, 5) is 11.6. The van der Waals surface area contributed by atoms with E-state index in [4.69, 9.17) is 9.47 Å². The lowest BCUT2D eigenvalue weighted by Crippen LogP contribution is -2.08. The van der Waals surface area contributed by atoms with Gasteiger partial charge < -0.3 is 9.47 Å². The minimum Gasteiger partial charge on any atom is -0.493 e. The maximum absolute atomic E-state index is 11.6. The van der Waals surface area contributed by atoms with Crippen molar-refractivity contribution in [2.45, 2.75) is 39.5 Å². The average molecular weight is 236 g/mol. The van der Waals surface area contributed by atoms with Crippen LogP contribution in [0.5, 0.6) is 11.5 Å². The number of hydrogen-bond acceptors (Lipinski definition) is 3. The van der Waals surface area contributed by atoms with Gasteiger partial charge in [-0.05, 0) is 31.0 Å². The molecule has 0 saturated carbocycles. The van der Waals surface area contributed by atoms with Crippen molar-refractivity contribution in [3.05, 3.63) is 23.8 Å².